The zero-order valence-electron chi connectivity index (χ0n) is 13.0. The first kappa shape index (κ1) is 17.5. The Morgan fingerprint density at radius 1 is 1.52 bits per heavy atom. The Morgan fingerprint density at radius 2 is 2.30 bits per heavy atom. The summed E-state index contributed by atoms with van der Waals surface area (Å²) in [6, 6.07) is 1.65. The summed E-state index contributed by atoms with van der Waals surface area (Å²) < 4.78 is 10.6. The monoisotopic (exact) mass is 355 g/mol. The van der Waals surface area contributed by atoms with E-state index in [-0.39, 0.29) is 23.5 Å². The first-order valence-corrected chi connectivity index (χ1v) is 8.74. The lowest BCUT2D eigenvalue weighted by Gasteiger charge is -2.07. The van der Waals surface area contributed by atoms with Crippen LogP contribution in [0.15, 0.2) is 20.3 Å². The molecule has 1 unspecified atom stereocenters. The second-order valence-corrected chi connectivity index (χ2v) is 7.11. The maximum Gasteiger partial charge on any atom is 0.311 e. The molecule has 23 heavy (non-hydrogen) atoms. The summed E-state index contributed by atoms with van der Waals surface area (Å²) >= 11 is 2.71. The molecule has 1 atom stereocenters. The van der Waals surface area contributed by atoms with E-state index in [2.05, 4.69) is 15.5 Å². The van der Waals surface area contributed by atoms with Crippen LogP contribution in [0.2, 0.25) is 0 Å². The third kappa shape index (κ3) is 5.36. The summed E-state index contributed by atoms with van der Waals surface area (Å²) in [6.45, 7) is 5.66. The van der Waals surface area contributed by atoms with Gasteiger partial charge in [-0.15, -0.1) is 11.3 Å². The Hall–Kier alpha value is -1.87. The molecule has 0 aliphatic heterocycles. The SMILES string of the molecule is CCOC(=O)Cc1csc(SC(C)C(=O)Nc2cc(C)no2)n1. The predicted octanol–water partition coefficient (Wildman–Crippen LogP) is 2.66. The second kappa shape index (κ2) is 8.11. The smallest absolute Gasteiger partial charge is 0.311 e. The van der Waals surface area contributed by atoms with Crippen LogP contribution in [0.1, 0.15) is 25.2 Å². The van der Waals surface area contributed by atoms with Crippen molar-refractivity contribution in [2.45, 2.75) is 36.8 Å². The molecular formula is C14H17N3O4S2. The Labute approximate surface area is 141 Å². The maximum atomic E-state index is 12.1. The van der Waals surface area contributed by atoms with Gasteiger partial charge in [-0.1, -0.05) is 16.9 Å². The number of nitrogens with zero attached hydrogens (tertiary/aromatic N) is 2. The van der Waals surface area contributed by atoms with Crippen LogP contribution in [0.5, 0.6) is 0 Å². The van der Waals surface area contributed by atoms with Gasteiger partial charge in [0.05, 0.1) is 29.7 Å². The van der Waals surface area contributed by atoms with Crippen molar-refractivity contribution >= 4 is 40.9 Å². The highest BCUT2D eigenvalue weighted by molar-refractivity contribution is 8.02. The van der Waals surface area contributed by atoms with Gasteiger partial charge >= 0.3 is 5.97 Å². The summed E-state index contributed by atoms with van der Waals surface area (Å²) in [7, 11) is 0. The topological polar surface area (TPSA) is 94.3 Å². The molecule has 0 aliphatic carbocycles. The number of amides is 1. The van der Waals surface area contributed by atoms with Gasteiger partial charge in [0, 0.05) is 11.4 Å². The van der Waals surface area contributed by atoms with E-state index in [4.69, 9.17) is 9.26 Å². The molecule has 0 spiro atoms. The first-order valence-electron chi connectivity index (χ1n) is 6.98. The van der Waals surface area contributed by atoms with Crippen molar-refractivity contribution in [2.75, 3.05) is 11.9 Å². The van der Waals surface area contributed by atoms with Gasteiger partial charge in [-0.2, -0.15) is 0 Å². The van der Waals surface area contributed by atoms with Gasteiger partial charge < -0.3 is 9.26 Å². The normalized spacial score (nSPS) is 12.0. The third-order valence-corrected chi connectivity index (χ3v) is 4.80. The summed E-state index contributed by atoms with van der Waals surface area (Å²) in [5.41, 5.74) is 1.35. The summed E-state index contributed by atoms with van der Waals surface area (Å²) in [4.78, 5) is 27.8. The molecule has 0 saturated heterocycles. The van der Waals surface area contributed by atoms with Crippen LogP contribution in [-0.4, -0.2) is 33.9 Å². The van der Waals surface area contributed by atoms with Crippen molar-refractivity contribution in [1.29, 1.82) is 0 Å². The van der Waals surface area contributed by atoms with E-state index in [1.54, 1.807) is 32.2 Å². The highest BCUT2D eigenvalue weighted by Crippen LogP contribution is 2.27. The van der Waals surface area contributed by atoms with Crippen LogP contribution in [0.3, 0.4) is 0 Å². The van der Waals surface area contributed by atoms with E-state index in [1.165, 1.54) is 23.1 Å². The molecule has 1 N–H and O–H groups in total. The molecular weight excluding hydrogens is 338 g/mol. The molecule has 2 heterocycles. The first-order chi connectivity index (χ1) is 11.0. The van der Waals surface area contributed by atoms with E-state index in [9.17, 15) is 9.59 Å². The lowest BCUT2D eigenvalue weighted by atomic mass is 10.3. The van der Waals surface area contributed by atoms with E-state index in [0.717, 1.165) is 4.34 Å². The molecule has 0 aliphatic rings. The lowest BCUT2D eigenvalue weighted by Crippen LogP contribution is -2.22. The molecule has 0 saturated carbocycles. The standard InChI is InChI=1S/C14H17N3O4S2/c1-4-20-12(18)6-10-7-22-14(15-10)23-9(3)13(19)16-11-5-8(2)17-21-11/h5,7,9H,4,6H2,1-3H3,(H,16,19). The van der Waals surface area contributed by atoms with Crippen molar-refractivity contribution in [3.05, 3.63) is 22.8 Å². The fourth-order valence-electron chi connectivity index (χ4n) is 1.63. The number of carbonyl (C=O) groups excluding carboxylic acids is 2. The van der Waals surface area contributed by atoms with Crippen molar-refractivity contribution < 1.29 is 18.8 Å². The lowest BCUT2D eigenvalue weighted by molar-refractivity contribution is -0.142. The van der Waals surface area contributed by atoms with Crippen molar-refractivity contribution in [2.24, 2.45) is 0 Å². The summed E-state index contributed by atoms with van der Waals surface area (Å²) in [6.07, 6.45) is 0.142. The molecule has 2 aromatic heterocycles. The van der Waals surface area contributed by atoms with E-state index in [0.29, 0.717) is 23.9 Å². The van der Waals surface area contributed by atoms with Crippen LogP contribution in [0.25, 0.3) is 0 Å². The molecule has 0 bridgehead atoms. The van der Waals surface area contributed by atoms with Crippen LogP contribution in [-0.2, 0) is 20.7 Å². The Kier molecular flexibility index (Phi) is 6.17. The average Bonchev–Trinajstić information content (AvgIpc) is 3.08. The number of hydrogen-bond donors (Lipinski definition) is 1. The molecule has 0 aromatic carbocycles. The van der Waals surface area contributed by atoms with E-state index in [1.807, 2.05) is 0 Å². The van der Waals surface area contributed by atoms with Crippen LogP contribution in [0.4, 0.5) is 5.88 Å². The van der Waals surface area contributed by atoms with E-state index >= 15 is 0 Å². The molecule has 124 valence electrons. The van der Waals surface area contributed by atoms with Gasteiger partial charge in [-0.25, -0.2) is 4.98 Å². The molecule has 0 radical (unpaired) electrons. The number of aromatic nitrogens is 2. The number of thiazole rings is 1. The number of rotatable bonds is 7. The molecule has 2 aromatic rings. The van der Waals surface area contributed by atoms with Crippen molar-refractivity contribution in [3.8, 4) is 0 Å². The fourth-order valence-corrected chi connectivity index (χ4v) is 3.61. The Bertz CT molecular complexity index is 683. The number of thioether (sulfide) groups is 1. The molecule has 0 fully saturated rings. The number of carbonyl (C=O) groups is 2. The molecule has 1 amide bonds. The predicted molar refractivity (Wildman–Crippen MR) is 87.6 cm³/mol. The van der Waals surface area contributed by atoms with Gasteiger partial charge in [0.2, 0.25) is 11.8 Å². The van der Waals surface area contributed by atoms with Crippen molar-refractivity contribution in [1.82, 2.24) is 10.1 Å². The number of anilines is 1. The minimum Gasteiger partial charge on any atom is -0.466 e. The Balaban J connectivity index is 1.87. The summed E-state index contributed by atoms with van der Waals surface area (Å²) in [5, 5.41) is 7.80. The number of hydrogen-bond acceptors (Lipinski definition) is 8. The number of ether oxygens (including phenoxy) is 1. The highest BCUT2D eigenvalue weighted by Gasteiger charge is 2.18. The van der Waals surface area contributed by atoms with E-state index < -0.39 is 0 Å². The molecule has 9 heteroatoms. The Morgan fingerprint density at radius 3 is 2.96 bits per heavy atom. The molecule has 7 nitrogen and oxygen atoms in total. The minimum atomic E-state index is -0.359. The van der Waals surface area contributed by atoms with Gasteiger partial charge in [0.15, 0.2) is 4.34 Å². The number of esters is 1. The largest absolute Gasteiger partial charge is 0.466 e. The summed E-state index contributed by atoms with van der Waals surface area (Å²) in [5.74, 6) is -0.184. The quantitative estimate of drug-likeness (QED) is 0.602. The van der Waals surface area contributed by atoms with Crippen LogP contribution < -0.4 is 5.32 Å². The van der Waals surface area contributed by atoms with Crippen LogP contribution >= 0.6 is 23.1 Å². The van der Waals surface area contributed by atoms with Gasteiger partial charge in [-0.05, 0) is 20.8 Å². The molecule has 2 rings (SSSR count). The average molecular weight is 355 g/mol. The second-order valence-electron chi connectivity index (χ2n) is 4.67. The van der Waals surface area contributed by atoms with Gasteiger partial charge in [0.25, 0.3) is 0 Å². The minimum absolute atomic E-state index is 0.142. The maximum absolute atomic E-state index is 12.1. The van der Waals surface area contributed by atoms with Crippen molar-refractivity contribution in [3.63, 3.8) is 0 Å². The zero-order chi connectivity index (χ0) is 16.8. The fraction of sp³-hybridized carbons (Fsp3) is 0.429. The number of aryl methyl sites for hydroxylation is 1. The third-order valence-electron chi connectivity index (χ3n) is 2.68. The zero-order valence-corrected chi connectivity index (χ0v) is 14.6. The van der Waals surface area contributed by atoms with Gasteiger partial charge in [-0.3, -0.25) is 14.9 Å². The van der Waals surface area contributed by atoms with Crippen LogP contribution in [0, 0.1) is 6.92 Å². The highest BCUT2D eigenvalue weighted by atomic mass is 32.2. The number of nitrogens with one attached hydrogen (secondary N) is 1. The van der Waals surface area contributed by atoms with Gasteiger partial charge in [0.1, 0.15) is 0 Å².